The van der Waals surface area contributed by atoms with Crippen LogP contribution in [0, 0.1) is 16.0 Å². The molecule has 4 rings (SSSR count). The van der Waals surface area contributed by atoms with E-state index in [2.05, 4.69) is 15.2 Å². The first kappa shape index (κ1) is 11.7. The third-order valence-corrected chi connectivity index (χ3v) is 4.26. The molecule has 104 valence electrons. The lowest BCUT2D eigenvalue weighted by atomic mass is 10.1. The Balaban J connectivity index is 1.72. The molecular formula is C13H14N4O3. The summed E-state index contributed by atoms with van der Waals surface area (Å²) < 4.78 is 5.73. The monoisotopic (exact) mass is 274 g/mol. The summed E-state index contributed by atoms with van der Waals surface area (Å²) in [6.45, 7) is 2.93. The molecule has 0 aliphatic carbocycles. The average Bonchev–Trinajstić information content (AvgIpc) is 3.11. The SMILES string of the molecule is O=[N+]([O-])c1ccc2nc(N3CC[C@H]4CNC[C@H]43)oc2c1. The van der Waals surface area contributed by atoms with Crippen molar-refractivity contribution in [1.29, 1.82) is 0 Å². The van der Waals surface area contributed by atoms with E-state index in [0.29, 0.717) is 29.1 Å². The van der Waals surface area contributed by atoms with E-state index in [1.165, 1.54) is 12.1 Å². The maximum atomic E-state index is 10.8. The van der Waals surface area contributed by atoms with Crippen LogP contribution in [-0.4, -0.2) is 35.6 Å². The van der Waals surface area contributed by atoms with Gasteiger partial charge in [-0.2, -0.15) is 4.98 Å². The molecule has 7 nitrogen and oxygen atoms in total. The van der Waals surface area contributed by atoms with Crippen molar-refractivity contribution in [2.45, 2.75) is 12.5 Å². The van der Waals surface area contributed by atoms with Crippen LogP contribution in [0.3, 0.4) is 0 Å². The van der Waals surface area contributed by atoms with Crippen LogP contribution in [-0.2, 0) is 0 Å². The number of nitro benzene ring substituents is 1. The van der Waals surface area contributed by atoms with E-state index in [4.69, 9.17) is 4.42 Å². The standard InChI is InChI=1S/C13H14N4O3/c18-17(19)9-1-2-10-12(5-9)20-13(15-10)16-4-3-8-6-14-7-11(8)16/h1-2,5,8,11,14H,3-4,6-7H2/t8-,11+/m0/s1. The summed E-state index contributed by atoms with van der Waals surface area (Å²) in [6.07, 6.45) is 1.14. The van der Waals surface area contributed by atoms with Gasteiger partial charge in [0.05, 0.1) is 11.0 Å². The zero-order valence-corrected chi connectivity index (χ0v) is 10.8. The van der Waals surface area contributed by atoms with E-state index in [-0.39, 0.29) is 5.69 Å². The van der Waals surface area contributed by atoms with E-state index >= 15 is 0 Å². The predicted molar refractivity (Wildman–Crippen MR) is 72.8 cm³/mol. The molecule has 20 heavy (non-hydrogen) atoms. The number of aromatic nitrogens is 1. The molecule has 0 spiro atoms. The van der Waals surface area contributed by atoms with Gasteiger partial charge in [0.1, 0.15) is 5.52 Å². The lowest BCUT2D eigenvalue weighted by Gasteiger charge is -2.20. The molecule has 1 aromatic carbocycles. The first-order chi connectivity index (χ1) is 9.72. The van der Waals surface area contributed by atoms with Crippen LogP contribution in [0.25, 0.3) is 11.1 Å². The van der Waals surface area contributed by atoms with Crippen LogP contribution in [0.4, 0.5) is 11.7 Å². The molecule has 0 unspecified atom stereocenters. The van der Waals surface area contributed by atoms with Gasteiger partial charge in [0.25, 0.3) is 11.7 Å². The second kappa shape index (κ2) is 4.17. The van der Waals surface area contributed by atoms with E-state index in [1.54, 1.807) is 6.07 Å². The van der Waals surface area contributed by atoms with Gasteiger partial charge in [0.2, 0.25) is 0 Å². The number of oxazole rings is 1. The van der Waals surface area contributed by atoms with Gasteiger partial charge in [0.15, 0.2) is 5.58 Å². The maximum absolute atomic E-state index is 10.8. The van der Waals surface area contributed by atoms with Crippen LogP contribution < -0.4 is 10.2 Å². The predicted octanol–water partition coefficient (Wildman–Crippen LogP) is 1.53. The van der Waals surface area contributed by atoms with Crippen molar-refractivity contribution in [1.82, 2.24) is 10.3 Å². The summed E-state index contributed by atoms with van der Waals surface area (Å²) in [5.74, 6) is 0.652. The number of nitro groups is 1. The van der Waals surface area contributed by atoms with E-state index in [1.807, 2.05) is 0 Å². The van der Waals surface area contributed by atoms with E-state index < -0.39 is 4.92 Å². The highest BCUT2D eigenvalue weighted by molar-refractivity contribution is 5.77. The average molecular weight is 274 g/mol. The number of nitrogens with one attached hydrogen (secondary N) is 1. The molecule has 3 heterocycles. The van der Waals surface area contributed by atoms with Crippen molar-refractivity contribution < 1.29 is 9.34 Å². The summed E-state index contributed by atoms with van der Waals surface area (Å²) in [4.78, 5) is 17.0. The Morgan fingerprint density at radius 2 is 2.35 bits per heavy atom. The Bertz CT molecular complexity index is 683. The van der Waals surface area contributed by atoms with Gasteiger partial charge in [-0.15, -0.1) is 0 Å². The fraction of sp³-hybridized carbons (Fsp3) is 0.462. The molecule has 2 saturated heterocycles. The van der Waals surface area contributed by atoms with Crippen molar-refractivity contribution in [3.8, 4) is 0 Å². The molecule has 0 radical (unpaired) electrons. The number of fused-ring (bicyclic) bond motifs is 2. The molecule has 2 aliphatic heterocycles. The van der Waals surface area contributed by atoms with Crippen molar-refractivity contribution in [3.05, 3.63) is 28.3 Å². The van der Waals surface area contributed by atoms with E-state index in [9.17, 15) is 10.1 Å². The number of hydrogen-bond acceptors (Lipinski definition) is 6. The Hall–Kier alpha value is -2.15. The topological polar surface area (TPSA) is 84.4 Å². The van der Waals surface area contributed by atoms with Crippen LogP contribution in [0.1, 0.15) is 6.42 Å². The third kappa shape index (κ3) is 1.66. The van der Waals surface area contributed by atoms with Gasteiger partial charge in [-0.1, -0.05) is 0 Å². The Labute approximate surface area is 114 Å². The molecule has 0 bridgehead atoms. The lowest BCUT2D eigenvalue weighted by Crippen LogP contribution is -2.34. The van der Waals surface area contributed by atoms with Crippen molar-refractivity contribution in [3.63, 3.8) is 0 Å². The molecule has 2 atom stereocenters. The van der Waals surface area contributed by atoms with Crippen LogP contribution in [0.15, 0.2) is 22.6 Å². The number of anilines is 1. The van der Waals surface area contributed by atoms with Gasteiger partial charge in [-0.25, -0.2) is 0 Å². The summed E-state index contributed by atoms with van der Waals surface area (Å²) in [6, 6.07) is 5.54. The largest absolute Gasteiger partial charge is 0.423 e. The van der Waals surface area contributed by atoms with E-state index in [0.717, 1.165) is 26.1 Å². The minimum Gasteiger partial charge on any atom is -0.423 e. The molecule has 2 fully saturated rings. The number of non-ortho nitro benzene ring substituents is 1. The zero-order valence-electron chi connectivity index (χ0n) is 10.8. The second-order valence-electron chi connectivity index (χ2n) is 5.37. The maximum Gasteiger partial charge on any atom is 0.298 e. The first-order valence-electron chi connectivity index (χ1n) is 6.75. The summed E-state index contributed by atoms with van der Waals surface area (Å²) >= 11 is 0. The number of benzene rings is 1. The summed E-state index contributed by atoms with van der Waals surface area (Å²) in [5.41, 5.74) is 1.17. The van der Waals surface area contributed by atoms with Gasteiger partial charge in [-0.3, -0.25) is 10.1 Å². The first-order valence-corrected chi connectivity index (χ1v) is 6.75. The minimum absolute atomic E-state index is 0.0297. The van der Waals surface area contributed by atoms with Crippen molar-refractivity contribution in [2.24, 2.45) is 5.92 Å². The highest BCUT2D eigenvalue weighted by Gasteiger charge is 2.39. The Morgan fingerprint density at radius 1 is 1.45 bits per heavy atom. The number of rotatable bonds is 2. The summed E-state index contributed by atoms with van der Waals surface area (Å²) in [5, 5.41) is 14.2. The van der Waals surface area contributed by atoms with Crippen LogP contribution in [0.2, 0.25) is 0 Å². The van der Waals surface area contributed by atoms with Crippen molar-refractivity contribution in [2.75, 3.05) is 24.5 Å². The highest BCUT2D eigenvalue weighted by atomic mass is 16.6. The minimum atomic E-state index is -0.422. The van der Waals surface area contributed by atoms with Gasteiger partial charge >= 0.3 is 0 Å². The van der Waals surface area contributed by atoms with Crippen molar-refractivity contribution >= 4 is 22.8 Å². The number of hydrogen-bond donors (Lipinski definition) is 1. The third-order valence-electron chi connectivity index (χ3n) is 4.26. The lowest BCUT2D eigenvalue weighted by molar-refractivity contribution is -0.384. The molecule has 0 saturated carbocycles. The van der Waals surface area contributed by atoms with Crippen LogP contribution >= 0.6 is 0 Å². The Kier molecular flexibility index (Phi) is 2.43. The molecule has 2 aromatic rings. The molecule has 0 amide bonds. The zero-order chi connectivity index (χ0) is 13.7. The molecular weight excluding hydrogens is 260 g/mol. The Morgan fingerprint density at radius 3 is 3.20 bits per heavy atom. The van der Waals surface area contributed by atoms with Gasteiger partial charge in [0, 0.05) is 31.7 Å². The quantitative estimate of drug-likeness (QED) is 0.660. The fourth-order valence-electron chi connectivity index (χ4n) is 3.22. The summed E-state index contributed by atoms with van der Waals surface area (Å²) in [7, 11) is 0. The normalized spacial score (nSPS) is 25.3. The highest BCUT2D eigenvalue weighted by Crippen LogP contribution is 2.33. The molecule has 2 aliphatic rings. The molecule has 7 heteroatoms. The van der Waals surface area contributed by atoms with Gasteiger partial charge < -0.3 is 14.6 Å². The van der Waals surface area contributed by atoms with Gasteiger partial charge in [-0.05, 0) is 18.4 Å². The smallest absolute Gasteiger partial charge is 0.298 e. The molecule has 1 aromatic heterocycles. The van der Waals surface area contributed by atoms with Crippen LogP contribution in [0.5, 0.6) is 0 Å². The fourth-order valence-corrected chi connectivity index (χ4v) is 3.22. The molecule has 1 N–H and O–H groups in total. The number of nitrogens with zero attached hydrogens (tertiary/aromatic N) is 3. The second-order valence-corrected chi connectivity index (χ2v) is 5.37.